The number of nitrogens with one attached hydrogen (secondary N) is 1. The van der Waals surface area contributed by atoms with E-state index in [1.165, 1.54) is 0 Å². The number of carbonyl (C=O) groups excluding carboxylic acids is 1. The maximum Gasteiger partial charge on any atom is 0.309 e. The Balaban J connectivity index is 1.55. The number of ether oxygens (including phenoxy) is 2. The maximum absolute atomic E-state index is 12.7. The molecular weight excluding hydrogens is 322 g/mol. The van der Waals surface area contributed by atoms with Crippen LogP contribution in [-0.2, 0) is 9.59 Å². The first-order chi connectivity index (χ1) is 11.9. The lowest BCUT2D eigenvalue weighted by atomic mass is 9.81. The highest BCUT2D eigenvalue weighted by Gasteiger charge is 2.61. The highest BCUT2D eigenvalue weighted by Crippen LogP contribution is 2.61. The summed E-state index contributed by atoms with van der Waals surface area (Å²) >= 11 is 0. The quantitative estimate of drug-likeness (QED) is 0.792. The first-order valence-electron chi connectivity index (χ1n) is 8.72. The smallest absolute Gasteiger partial charge is 0.309 e. The van der Waals surface area contributed by atoms with Crippen molar-refractivity contribution in [2.24, 2.45) is 10.8 Å². The van der Waals surface area contributed by atoms with Crippen molar-refractivity contribution >= 4 is 11.9 Å². The average Bonchev–Trinajstić information content (AvgIpc) is 3.19. The second kappa shape index (κ2) is 6.58. The van der Waals surface area contributed by atoms with Crippen molar-refractivity contribution in [2.75, 3.05) is 13.7 Å². The summed E-state index contributed by atoms with van der Waals surface area (Å²) in [5.41, 5.74) is -1.20. The van der Waals surface area contributed by atoms with Crippen LogP contribution in [0, 0.1) is 10.8 Å². The molecule has 136 valence electrons. The van der Waals surface area contributed by atoms with E-state index in [2.05, 4.69) is 5.32 Å². The van der Waals surface area contributed by atoms with Gasteiger partial charge in [-0.3, -0.25) is 9.59 Å². The van der Waals surface area contributed by atoms with Crippen molar-refractivity contribution in [1.29, 1.82) is 0 Å². The Hall–Kier alpha value is -2.24. The van der Waals surface area contributed by atoms with Gasteiger partial charge < -0.3 is 19.9 Å². The molecule has 6 nitrogen and oxygen atoms in total. The topological polar surface area (TPSA) is 84.9 Å². The molecule has 2 aliphatic rings. The van der Waals surface area contributed by atoms with Crippen LogP contribution in [0.3, 0.4) is 0 Å². The molecule has 6 heteroatoms. The number of carboxylic acid groups (broad SMARTS) is 1. The van der Waals surface area contributed by atoms with Gasteiger partial charge in [-0.2, -0.15) is 0 Å². The standard InChI is InChI=1S/C19H25NO5/c1-13(25-15-6-4-3-5-14(15)24-2)11-20-16(21)18-7-9-19(12-18,10-8-18)17(22)23/h3-6,13H,7-12H2,1-2H3,(H,20,21)(H,22,23). The van der Waals surface area contributed by atoms with Gasteiger partial charge in [0.05, 0.1) is 24.5 Å². The number of hydrogen-bond acceptors (Lipinski definition) is 4. The molecule has 0 saturated heterocycles. The van der Waals surface area contributed by atoms with Crippen molar-refractivity contribution in [3.8, 4) is 11.5 Å². The third-order valence-electron chi connectivity index (χ3n) is 5.72. The normalized spacial score (nSPS) is 28.4. The zero-order chi connectivity index (χ0) is 18.1. The summed E-state index contributed by atoms with van der Waals surface area (Å²) in [6, 6.07) is 7.38. The van der Waals surface area contributed by atoms with Crippen molar-refractivity contribution in [3.63, 3.8) is 0 Å². The fraction of sp³-hybridized carbons (Fsp3) is 0.579. The van der Waals surface area contributed by atoms with Crippen molar-refractivity contribution in [3.05, 3.63) is 24.3 Å². The van der Waals surface area contributed by atoms with Gasteiger partial charge in [0, 0.05) is 0 Å². The van der Waals surface area contributed by atoms with Crippen molar-refractivity contribution in [2.45, 2.75) is 45.1 Å². The van der Waals surface area contributed by atoms with Crippen LogP contribution >= 0.6 is 0 Å². The van der Waals surface area contributed by atoms with Gasteiger partial charge in [-0.05, 0) is 51.2 Å². The summed E-state index contributed by atoms with van der Waals surface area (Å²) in [6.45, 7) is 2.26. The van der Waals surface area contributed by atoms with E-state index in [1.807, 2.05) is 31.2 Å². The van der Waals surface area contributed by atoms with E-state index >= 15 is 0 Å². The van der Waals surface area contributed by atoms with Crippen LogP contribution in [0.4, 0.5) is 0 Å². The largest absolute Gasteiger partial charge is 0.493 e. The summed E-state index contributed by atoms with van der Waals surface area (Å²) < 4.78 is 11.1. The fourth-order valence-corrected chi connectivity index (χ4v) is 4.20. The molecule has 2 aliphatic carbocycles. The Bertz CT molecular complexity index is 664. The predicted molar refractivity (Wildman–Crippen MR) is 91.7 cm³/mol. The van der Waals surface area contributed by atoms with Crippen molar-refractivity contribution in [1.82, 2.24) is 5.32 Å². The first kappa shape index (κ1) is 17.6. The third kappa shape index (κ3) is 3.17. The second-order valence-electron chi connectivity index (χ2n) is 7.33. The minimum absolute atomic E-state index is 0.0383. The van der Waals surface area contributed by atoms with E-state index in [4.69, 9.17) is 9.47 Å². The maximum atomic E-state index is 12.7. The van der Waals surface area contributed by atoms with Crippen LogP contribution in [0.15, 0.2) is 24.3 Å². The van der Waals surface area contributed by atoms with Gasteiger partial charge in [-0.1, -0.05) is 12.1 Å². The summed E-state index contributed by atoms with van der Waals surface area (Å²) in [4.78, 5) is 24.2. The van der Waals surface area contributed by atoms with Gasteiger partial charge >= 0.3 is 5.97 Å². The monoisotopic (exact) mass is 347 g/mol. The number of para-hydroxylation sites is 2. The molecule has 1 amide bonds. The molecule has 1 atom stereocenters. The van der Waals surface area contributed by atoms with E-state index < -0.39 is 16.8 Å². The van der Waals surface area contributed by atoms with Crippen LogP contribution < -0.4 is 14.8 Å². The Kier molecular flexibility index (Phi) is 4.62. The van der Waals surface area contributed by atoms with Gasteiger partial charge in [-0.25, -0.2) is 0 Å². The number of benzene rings is 1. The second-order valence-corrected chi connectivity index (χ2v) is 7.33. The highest BCUT2D eigenvalue weighted by atomic mass is 16.5. The molecule has 1 aromatic rings. The summed E-state index contributed by atoms with van der Waals surface area (Å²) in [7, 11) is 1.59. The zero-order valence-corrected chi connectivity index (χ0v) is 14.7. The molecule has 2 N–H and O–H groups in total. The molecule has 0 aromatic heterocycles. The lowest BCUT2D eigenvalue weighted by Gasteiger charge is -2.26. The fourth-order valence-electron chi connectivity index (χ4n) is 4.20. The zero-order valence-electron chi connectivity index (χ0n) is 14.7. The molecule has 2 fully saturated rings. The number of hydrogen-bond donors (Lipinski definition) is 2. The van der Waals surface area contributed by atoms with E-state index in [9.17, 15) is 14.7 Å². The number of carbonyl (C=O) groups is 2. The summed E-state index contributed by atoms with van der Waals surface area (Å²) in [5, 5.41) is 12.4. The Morgan fingerprint density at radius 3 is 2.32 bits per heavy atom. The molecule has 1 unspecified atom stereocenters. The van der Waals surface area contributed by atoms with Crippen molar-refractivity contribution < 1.29 is 24.2 Å². The average molecular weight is 347 g/mol. The van der Waals surface area contributed by atoms with Gasteiger partial charge in [0.1, 0.15) is 6.10 Å². The minimum Gasteiger partial charge on any atom is -0.493 e. The Morgan fingerprint density at radius 2 is 1.76 bits per heavy atom. The number of fused-ring (bicyclic) bond motifs is 2. The lowest BCUT2D eigenvalue weighted by molar-refractivity contribution is -0.148. The predicted octanol–water partition coefficient (Wildman–Crippen LogP) is 2.61. The number of amides is 1. The van der Waals surface area contributed by atoms with Gasteiger partial charge in [0.25, 0.3) is 0 Å². The number of carboxylic acids is 1. The number of methoxy groups -OCH3 is 1. The van der Waals surface area contributed by atoms with E-state index in [0.29, 0.717) is 50.1 Å². The molecule has 3 rings (SSSR count). The SMILES string of the molecule is COc1ccccc1OC(C)CNC(=O)C12CCC(C(=O)O)(CC1)C2. The lowest BCUT2D eigenvalue weighted by Crippen LogP contribution is -2.42. The molecule has 0 heterocycles. The molecular formula is C19H25NO5. The Labute approximate surface area is 147 Å². The van der Waals surface area contributed by atoms with Crippen LogP contribution in [-0.4, -0.2) is 36.7 Å². The third-order valence-corrected chi connectivity index (χ3v) is 5.72. The Morgan fingerprint density at radius 1 is 1.16 bits per heavy atom. The van der Waals surface area contributed by atoms with Crippen LogP contribution in [0.25, 0.3) is 0 Å². The molecule has 0 radical (unpaired) electrons. The summed E-state index contributed by atoms with van der Waals surface area (Å²) in [5.74, 6) is 0.491. The summed E-state index contributed by atoms with van der Waals surface area (Å²) in [6.07, 6.45) is 2.76. The van der Waals surface area contributed by atoms with E-state index in [1.54, 1.807) is 7.11 Å². The van der Waals surface area contributed by atoms with Crippen LogP contribution in [0.5, 0.6) is 11.5 Å². The highest BCUT2D eigenvalue weighted by molar-refractivity contribution is 5.87. The molecule has 2 saturated carbocycles. The minimum atomic E-state index is -0.757. The molecule has 2 bridgehead atoms. The molecule has 25 heavy (non-hydrogen) atoms. The van der Waals surface area contributed by atoms with Gasteiger partial charge in [0.15, 0.2) is 11.5 Å². The molecule has 0 spiro atoms. The van der Waals surface area contributed by atoms with E-state index in [-0.39, 0.29) is 12.0 Å². The molecule has 1 aromatic carbocycles. The first-order valence-corrected chi connectivity index (χ1v) is 8.72. The van der Waals surface area contributed by atoms with Crippen LogP contribution in [0.1, 0.15) is 39.0 Å². The van der Waals surface area contributed by atoms with Gasteiger partial charge in [0.2, 0.25) is 5.91 Å². The van der Waals surface area contributed by atoms with Crippen LogP contribution in [0.2, 0.25) is 0 Å². The molecule has 0 aliphatic heterocycles. The van der Waals surface area contributed by atoms with Gasteiger partial charge in [-0.15, -0.1) is 0 Å². The van der Waals surface area contributed by atoms with E-state index in [0.717, 1.165) is 0 Å². The number of aliphatic carboxylic acids is 1. The number of rotatable bonds is 7.